The van der Waals surface area contributed by atoms with E-state index in [9.17, 15) is 4.39 Å². The van der Waals surface area contributed by atoms with Crippen molar-refractivity contribution in [1.82, 2.24) is 5.32 Å². The third-order valence-corrected chi connectivity index (χ3v) is 3.60. The van der Waals surface area contributed by atoms with Gasteiger partial charge in [0.25, 0.3) is 0 Å². The van der Waals surface area contributed by atoms with Crippen molar-refractivity contribution >= 4 is 17.3 Å². The van der Waals surface area contributed by atoms with E-state index in [0.29, 0.717) is 22.7 Å². The van der Waals surface area contributed by atoms with E-state index in [1.54, 1.807) is 6.92 Å². The van der Waals surface area contributed by atoms with Gasteiger partial charge in [-0.3, -0.25) is 0 Å². The summed E-state index contributed by atoms with van der Waals surface area (Å²) >= 11 is 6.15. The second-order valence-electron chi connectivity index (χ2n) is 4.86. The largest absolute Gasteiger partial charge is 0.365 e. The van der Waals surface area contributed by atoms with E-state index in [1.165, 1.54) is 6.07 Å². The molecule has 0 spiro atoms. The number of piperazine rings is 1. The standard InChI is InChI=1S/C13H18ClFN2/c1-8-4-13(11(14)5-12(8)15)17-7-9(2)16-6-10(17)3/h4-5,9-10,16H,6-7H2,1-3H3. The van der Waals surface area contributed by atoms with Gasteiger partial charge in [-0.2, -0.15) is 0 Å². The summed E-state index contributed by atoms with van der Waals surface area (Å²) in [4.78, 5) is 2.25. The van der Waals surface area contributed by atoms with Crippen LogP contribution in [0, 0.1) is 12.7 Å². The Labute approximate surface area is 107 Å². The summed E-state index contributed by atoms with van der Waals surface area (Å²) < 4.78 is 13.4. The zero-order chi connectivity index (χ0) is 12.6. The van der Waals surface area contributed by atoms with Gasteiger partial charge in [0.15, 0.2) is 0 Å². The summed E-state index contributed by atoms with van der Waals surface area (Å²) in [6.45, 7) is 7.88. The van der Waals surface area contributed by atoms with Gasteiger partial charge in [0.2, 0.25) is 0 Å². The van der Waals surface area contributed by atoms with Gasteiger partial charge in [-0.15, -0.1) is 0 Å². The molecular weight excluding hydrogens is 239 g/mol. The minimum Gasteiger partial charge on any atom is -0.365 e. The Balaban J connectivity index is 2.35. The van der Waals surface area contributed by atoms with Gasteiger partial charge >= 0.3 is 0 Å². The van der Waals surface area contributed by atoms with Crippen molar-refractivity contribution in [3.05, 3.63) is 28.5 Å². The fourth-order valence-corrected chi connectivity index (χ4v) is 2.48. The Morgan fingerprint density at radius 3 is 2.82 bits per heavy atom. The molecule has 1 aliphatic rings. The van der Waals surface area contributed by atoms with E-state index in [4.69, 9.17) is 11.6 Å². The molecule has 1 fully saturated rings. The first-order valence-electron chi connectivity index (χ1n) is 5.94. The average molecular weight is 257 g/mol. The normalized spacial score (nSPS) is 25.1. The van der Waals surface area contributed by atoms with Crippen molar-refractivity contribution in [2.75, 3.05) is 18.0 Å². The van der Waals surface area contributed by atoms with Crippen molar-refractivity contribution < 1.29 is 4.39 Å². The molecule has 2 atom stereocenters. The van der Waals surface area contributed by atoms with Crippen LogP contribution in [0.4, 0.5) is 10.1 Å². The fourth-order valence-electron chi connectivity index (χ4n) is 2.22. The van der Waals surface area contributed by atoms with Crippen LogP contribution < -0.4 is 10.2 Å². The van der Waals surface area contributed by atoms with E-state index >= 15 is 0 Å². The zero-order valence-corrected chi connectivity index (χ0v) is 11.2. The van der Waals surface area contributed by atoms with Crippen molar-refractivity contribution in [3.8, 4) is 0 Å². The molecule has 4 heteroatoms. The summed E-state index contributed by atoms with van der Waals surface area (Å²) in [5, 5.41) is 3.91. The minimum atomic E-state index is -0.241. The predicted molar refractivity (Wildman–Crippen MR) is 70.4 cm³/mol. The number of rotatable bonds is 1. The molecule has 2 unspecified atom stereocenters. The maximum atomic E-state index is 13.4. The Morgan fingerprint density at radius 1 is 1.41 bits per heavy atom. The van der Waals surface area contributed by atoms with Crippen molar-refractivity contribution in [2.45, 2.75) is 32.9 Å². The Bertz CT molecular complexity index is 422. The van der Waals surface area contributed by atoms with Gasteiger partial charge in [-0.05, 0) is 38.5 Å². The minimum absolute atomic E-state index is 0.241. The number of halogens is 2. The topological polar surface area (TPSA) is 15.3 Å². The molecule has 1 aromatic carbocycles. The number of anilines is 1. The molecule has 1 aliphatic heterocycles. The highest BCUT2D eigenvalue weighted by atomic mass is 35.5. The Morgan fingerprint density at radius 2 is 2.12 bits per heavy atom. The highest BCUT2D eigenvalue weighted by Gasteiger charge is 2.24. The molecule has 1 saturated heterocycles. The van der Waals surface area contributed by atoms with Crippen LogP contribution in [0.2, 0.25) is 5.02 Å². The number of aryl methyl sites for hydroxylation is 1. The molecule has 0 aromatic heterocycles. The van der Waals surface area contributed by atoms with E-state index < -0.39 is 0 Å². The van der Waals surface area contributed by atoms with Gasteiger partial charge < -0.3 is 10.2 Å². The first-order valence-corrected chi connectivity index (χ1v) is 6.32. The van der Waals surface area contributed by atoms with E-state index in [0.717, 1.165) is 18.8 Å². The molecule has 0 aliphatic carbocycles. The molecule has 1 N–H and O–H groups in total. The van der Waals surface area contributed by atoms with E-state index in [1.807, 2.05) is 6.07 Å². The summed E-state index contributed by atoms with van der Waals surface area (Å²) in [7, 11) is 0. The number of hydrogen-bond donors (Lipinski definition) is 1. The van der Waals surface area contributed by atoms with Crippen LogP contribution >= 0.6 is 11.6 Å². The van der Waals surface area contributed by atoms with Crippen LogP contribution in [0.25, 0.3) is 0 Å². The van der Waals surface area contributed by atoms with Crippen molar-refractivity contribution in [2.24, 2.45) is 0 Å². The number of nitrogens with one attached hydrogen (secondary N) is 1. The lowest BCUT2D eigenvalue weighted by molar-refractivity contribution is 0.425. The SMILES string of the molecule is Cc1cc(N2CC(C)NCC2C)c(Cl)cc1F. The quantitative estimate of drug-likeness (QED) is 0.831. The summed E-state index contributed by atoms with van der Waals surface area (Å²) in [5.74, 6) is -0.241. The zero-order valence-electron chi connectivity index (χ0n) is 10.4. The lowest BCUT2D eigenvalue weighted by Gasteiger charge is -2.39. The highest BCUT2D eigenvalue weighted by molar-refractivity contribution is 6.33. The molecule has 2 rings (SSSR count). The highest BCUT2D eigenvalue weighted by Crippen LogP contribution is 2.31. The molecule has 2 nitrogen and oxygen atoms in total. The molecule has 94 valence electrons. The van der Waals surface area contributed by atoms with Crippen LogP contribution in [-0.2, 0) is 0 Å². The van der Waals surface area contributed by atoms with Crippen LogP contribution in [0.5, 0.6) is 0 Å². The van der Waals surface area contributed by atoms with Crippen molar-refractivity contribution in [1.29, 1.82) is 0 Å². The first kappa shape index (κ1) is 12.7. The van der Waals surface area contributed by atoms with E-state index in [2.05, 4.69) is 24.1 Å². The molecule has 0 amide bonds. The predicted octanol–water partition coefficient (Wildman–Crippen LogP) is 2.97. The molecule has 1 aromatic rings. The molecule has 0 radical (unpaired) electrons. The third kappa shape index (κ3) is 2.55. The van der Waals surface area contributed by atoms with E-state index in [-0.39, 0.29) is 5.82 Å². The van der Waals surface area contributed by atoms with Crippen LogP contribution in [0.3, 0.4) is 0 Å². The second-order valence-corrected chi connectivity index (χ2v) is 5.27. The summed E-state index contributed by atoms with van der Waals surface area (Å²) in [6.07, 6.45) is 0. The lowest BCUT2D eigenvalue weighted by atomic mass is 10.1. The van der Waals surface area contributed by atoms with Gasteiger partial charge in [-0.1, -0.05) is 11.6 Å². The lowest BCUT2D eigenvalue weighted by Crippen LogP contribution is -2.54. The van der Waals surface area contributed by atoms with Gasteiger partial charge in [-0.25, -0.2) is 4.39 Å². The number of hydrogen-bond acceptors (Lipinski definition) is 2. The number of benzene rings is 1. The van der Waals surface area contributed by atoms with Gasteiger partial charge in [0, 0.05) is 25.2 Å². The average Bonchev–Trinajstić information content (AvgIpc) is 2.27. The monoisotopic (exact) mass is 256 g/mol. The third-order valence-electron chi connectivity index (χ3n) is 3.30. The summed E-state index contributed by atoms with van der Waals surface area (Å²) in [6, 6.07) is 4.04. The molecule has 1 heterocycles. The van der Waals surface area contributed by atoms with Gasteiger partial charge in [0.1, 0.15) is 5.82 Å². The van der Waals surface area contributed by atoms with Crippen LogP contribution in [-0.4, -0.2) is 25.2 Å². The molecule has 0 bridgehead atoms. The van der Waals surface area contributed by atoms with Gasteiger partial charge in [0.05, 0.1) is 10.7 Å². The smallest absolute Gasteiger partial charge is 0.127 e. The summed E-state index contributed by atoms with van der Waals surface area (Å²) in [5.41, 5.74) is 1.58. The molecule has 0 saturated carbocycles. The maximum absolute atomic E-state index is 13.4. The molecule has 17 heavy (non-hydrogen) atoms. The number of nitrogens with zero attached hydrogens (tertiary/aromatic N) is 1. The van der Waals surface area contributed by atoms with Crippen LogP contribution in [0.15, 0.2) is 12.1 Å². The second kappa shape index (κ2) is 4.83. The van der Waals surface area contributed by atoms with Crippen molar-refractivity contribution in [3.63, 3.8) is 0 Å². The first-order chi connectivity index (χ1) is 7.99. The fraction of sp³-hybridized carbons (Fsp3) is 0.538. The maximum Gasteiger partial charge on any atom is 0.127 e. The Kier molecular flexibility index (Phi) is 3.59. The van der Waals surface area contributed by atoms with Crippen LogP contribution in [0.1, 0.15) is 19.4 Å². The molecular formula is C13H18ClFN2. The Hall–Kier alpha value is -0.800.